The van der Waals surface area contributed by atoms with E-state index in [2.05, 4.69) is 12.2 Å². The van der Waals surface area contributed by atoms with Crippen molar-refractivity contribution in [2.24, 2.45) is 5.73 Å². The molecular formula is C17H26N2O2. The Hall–Kier alpha value is -1.55. The third-order valence-electron chi connectivity index (χ3n) is 3.96. The van der Waals surface area contributed by atoms with Gasteiger partial charge < -0.3 is 10.5 Å². The summed E-state index contributed by atoms with van der Waals surface area (Å²) in [6.45, 7) is 2.75. The van der Waals surface area contributed by atoms with E-state index in [9.17, 15) is 4.79 Å². The van der Waals surface area contributed by atoms with Gasteiger partial charge in [0.1, 0.15) is 11.8 Å². The van der Waals surface area contributed by atoms with Crippen LogP contribution in [0.15, 0.2) is 24.3 Å². The van der Waals surface area contributed by atoms with E-state index in [1.54, 1.807) is 0 Å². The van der Waals surface area contributed by atoms with Crippen LogP contribution in [0, 0.1) is 0 Å². The van der Waals surface area contributed by atoms with Gasteiger partial charge in [-0.25, -0.2) is 0 Å². The molecule has 1 aliphatic rings. The lowest BCUT2D eigenvalue weighted by atomic mass is 9.94. The van der Waals surface area contributed by atoms with Gasteiger partial charge in [0.25, 0.3) is 0 Å². The summed E-state index contributed by atoms with van der Waals surface area (Å²) < 4.78 is 5.64. The predicted molar refractivity (Wildman–Crippen MR) is 84.2 cm³/mol. The average Bonchev–Trinajstić information content (AvgIpc) is 2.51. The first-order valence-electron chi connectivity index (χ1n) is 7.99. The molecule has 1 unspecified atom stereocenters. The Balaban J connectivity index is 2.07. The summed E-state index contributed by atoms with van der Waals surface area (Å²) in [5.41, 5.74) is 6.48. The highest BCUT2D eigenvalue weighted by molar-refractivity contribution is 5.81. The molecule has 0 radical (unpaired) electrons. The highest BCUT2D eigenvalue weighted by atomic mass is 16.5. The number of benzene rings is 1. The maximum absolute atomic E-state index is 11.8. The topological polar surface area (TPSA) is 64.3 Å². The standard InChI is InChI=1S/C17H26N2O2/c1-2-11-21-15-10-6-7-13(12-15)16(17(18)20)19-14-8-4-3-5-9-14/h6-7,10,12,14,16,19H,2-5,8-9,11H2,1H3,(H2,18,20). The van der Waals surface area contributed by atoms with Gasteiger partial charge in [-0.1, -0.05) is 38.3 Å². The number of rotatable bonds is 7. The molecule has 4 heteroatoms. The molecule has 116 valence electrons. The molecule has 0 bridgehead atoms. The fourth-order valence-electron chi connectivity index (χ4n) is 2.85. The zero-order valence-electron chi connectivity index (χ0n) is 12.8. The molecule has 0 saturated heterocycles. The molecule has 0 aliphatic heterocycles. The van der Waals surface area contributed by atoms with Crippen molar-refractivity contribution in [3.05, 3.63) is 29.8 Å². The summed E-state index contributed by atoms with van der Waals surface area (Å²) >= 11 is 0. The smallest absolute Gasteiger partial charge is 0.239 e. The normalized spacial score (nSPS) is 17.4. The van der Waals surface area contributed by atoms with E-state index >= 15 is 0 Å². The lowest BCUT2D eigenvalue weighted by molar-refractivity contribution is -0.120. The van der Waals surface area contributed by atoms with Crippen LogP contribution in [-0.2, 0) is 4.79 Å². The molecule has 1 amide bonds. The fourth-order valence-corrected chi connectivity index (χ4v) is 2.85. The number of hydrogen-bond acceptors (Lipinski definition) is 3. The molecule has 0 spiro atoms. The summed E-state index contributed by atoms with van der Waals surface area (Å²) in [6, 6.07) is 7.64. The predicted octanol–water partition coefficient (Wildman–Crippen LogP) is 2.92. The van der Waals surface area contributed by atoms with Crippen LogP contribution in [0.25, 0.3) is 0 Å². The van der Waals surface area contributed by atoms with E-state index < -0.39 is 6.04 Å². The molecule has 1 atom stereocenters. The third kappa shape index (κ3) is 4.74. The van der Waals surface area contributed by atoms with Gasteiger partial charge in [-0.3, -0.25) is 10.1 Å². The highest BCUT2D eigenvalue weighted by Gasteiger charge is 2.23. The van der Waals surface area contributed by atoms with E-state index in [1.807, 2.05) is 24.3 Å². The molecule has 1 aromatic carbocycles. The first kappa shape index (κ1) is 15.8. The molecule has 1 fully saturated rings. The first-order valence-corrected chi connectivity index (χ1v) is 7.99. The molecule has 0 aromatic heterocycles. The van der Waals surface area contributed by atoms with Gasteiger partial charge >= 0.3 is 0 Å². The third-order valence-corrected chi connectivity index (χ3v) is 3.96. The zero-order valence-corrected chi connectivity index (χ0v) is 12.8. The van der Waals surface area contributed by atoms with Crippen LogP contribution in [0.5, 0.6) is 5.75 Å². The summed E-state index contributed by atoms with van der Waals surface area (Å²) in [4.78, 5) is 11.8. The van der Waals surface area contributed by atoms with Gasteiger partial charge in [0, 0.05) is 6.04 Å². The number of amides is 1. The van der Waals surface area contributed by atoms with Crippen LogP contribution < -0.4 is 15.8 Å². The second kappa shape index (κ2) is 8.03. The number of hydrogen-bond donors (Lipinski definition) is 2. The van der Waals surface area contributed by atoms with Crippen molar-refractivity contribution >= 4 is 5.91 Å². The lowest BCUT2D eigenvalue weighted by Gasteiger charge is -2.27. The minimum absolute atomic E-state index is 0.326. The monoisotopic (exact) mass is 290 g/mol. The van der Waals surface area contributed by atoms with Crippen molar-refractivity contribution in [1.29, 1.82) is 0 Å². The Morgan fingerprint density at radius 2 is 2.14 bits per heavy atom. The van der Waals surface area contributed by atoms with Crippen molar-refractivity contribution in [2.45, 2.75) is 57.5 Å². The second-order valence-electron chi connectivity index (χ2n) is 5.76. The summed E-state index contributed by atoms with van der Waals surface area (Å²) in [7, 11) is 0. The van der Waals surface area contributed by atoms with Crippen LogP contribution >= 0.6 is 0 Å². The van der Waals surface area contributed by atoms with E-state index in [0.717, 1.165) is 30.6 Å². The van der Waals surface area contributed by atoms with Crippen molar-refractivity contribution in [2.75, 3.05) is 6.61 Å². The molecule has 21 heavy (non-hydrogen) atoms. The number of primary amides is 1. The minimum Gasteiger partial charge on any atom is -0.494 e. The number of nitrogens with two attached hydrogens (primary N) is 1. The maximum Gasteiger partial charge on any atom is 0.239 e. The van der Waals surface area contributed by atoms with Crippen molar-refractivity contribution in [1.82, 2.24) is 5.32 Å². The maximum atomic E-state index is 11.8. The van der Waals surface area contributed by atoms with Gasteiger partial charge in [-0.2, -0.15) is 0 Å². The van der Waals surface area contributed by atoms with Crippen molar-refractivity contribution in [3.8, 4) is 5.75 Å². The molecule has 3 N–H and O–H groups in total. The largest absolute Gasteiger partial charge is 0.494 e. The number of nitrogens with one attached hydrogen (secondary N) is 1. The van der Waals surface area contributed by atoms with Gasteiger partial charge in [-0.15, -0.1) is 0 Å². The molecule has 1 saturated carbocycles. The molecule has 4 nitrogen and oxygen atoms in total. The molecule has 2 rings (SSSR count). The van der Waals surface area contributed by atoms with Crippen LogP contribution in [0.3, 0.4) is 0 Å². The van der Waals surface area contributed by atoms with E-state index in [0.29, 0.717) is 12.6 Å². The van der Waals surface area contributed by atoms with Crippen LogP contribution in [0.2, 0.25) is 0 Å². The molecular weight excluding hydrogens is 264 g/mol. The Morgan fingerprint density at radius 3 is 2.81 bits per heavy atom. The fraction of sp³-hybridized carbons (Fsp3) is 0.588. The number of ether oxygens (including phenoxy) is 1. The zero-order chi connectivity index (χ0) is 15.1. The van der Waals surface area contributed by atoms with E-state index in [1.165, 1.54) is 19.3 Å². The quantitative estimate of drug-likeness (QED) is 0.811. The van der Waals surface area contributed by atoms with Crippen LogP contribution in [-0.4, -0.2) is 18.6 Å². The Kier molecular flexibility index (Phi) is 6.05. The highest BCUT2D eigenvalue weighted by Crippen LogP contribution is 2.24. The molecule has 1 aliphatic carbocycles. The van der Waals surface area contributed by atoms with Gasteiger partial charge in [0.15, 0.2) is 0 Å². The first-order chi connectivity index (χ1) is 10.2. The minimum atomic E-state index is -0.432. The Labute approximate surface area is 127 Å². The lowest BCUT2D eigenvalue weighted by Crippen LogP contribution is -2.40. The van der Waals surface area contributed by atoms with Crippen molar-refractivity contribution < 1.29 is 9.53 Å². The number of carbonyl (C=O) groups is 1. The Morgan fingerprint density at radius 1 is 1.38 bits per heavy atom. The second-order valence-corrected chi connectivity index (χ2v) is 5.76. The summed E-state index contributed by atoms with van der Waals surface area (Å²) in [5, 5.41) is 3.42. The molecule has 1 aromatic rings. The van der Waals surface area contributed by atoms with E-state index in [4.69, 9.17) is 10.5 Å². The van der Waals surface area contributed by atoms with Gasteiger partial charge in [-0.05, 0) is 37.0 Å². The average molecular weight is 290 g/mol. The summed E-state index contributed by atoms with van der Waals surface area (Å²) in [6.07, 6.45) is 6.95. The van der Waals surface area contributed by atoms with Crippen LogP contribution in [0.4, 0.5) is 0 Å². The number of carbonyl (C=O) groups excluding carboxylic acids is 1. The van der Waals surface area contributed by atoms with Crippen molar-refractivity contribution in [3.63, 3.8) is 0 Å². The molecule has 0 heterocycles. The SMILES string of the molecule is CCCOc1cccc(C(NC2CCCCC2)C(N)=O)c1. The van der Waals surface area contributed by atoms with E-state index in [-0.39, 0.29) is 5.91 Å². The van der Waals surface area contributed by atoms with Gasteiger partial charge in [0.05, 0.1) is 6.61 Å². The van der Waals surface area contributed by atoms with Crippen LogP contribution in [0.1, 0.15) is 57.1 Å². The Bertz CT molecular complexity index is 456. The summed E-state index contributed by atoms with van der Waals surface area (Å²) in [5.74, 6) is 0.472. The van der Waals surface area contributed by atoms with Gasteiger partial charge in [0.2, 0.25) is 5.91 Å².